The molecule has 1 unspecified atom stereocenters. The molecule has 0 aromatic heterocycles. The normalized spacial score (nSPS) is 11.6. The Morgan fingerprint density at radius 1 is 1.33 bits per heavy atom. The molecular weight excluding hydrogens is 268 g/mol. The van der Waals surface area contributed by atoms with Crippen LogP contribution in [-0.4, -0.2) is 29.7 Å². The van der Waals surface area contributed by atoms with Gasteiger partial charge in [-0.25, -0.2) is 0 Å². The number of hydrogen-bond donors (Lipinski definition) is 1. The molecule has 3 amide bonds. The Bertz CT molecular complexity index is 514. The molecule has 21 heavy (non-hydrogen) atoms. The summed E-state index contributed by atoms with van der Waals surface area (Å²) in [6.07, 6.45) is 2.29. The third kappa shape index (κ3) is 4.70. The first kappa shape index (κ1) is 16.9. The maximum atomic E-state index is 11.9. The van der Waals surface area contributed by atoms with Crippen LogP contribution in [0.15, 0.2) is 18.2 Å². The number of nitrogens with one attached hydrogen (secondary N) is 1. The van der Waals surface area contributed by atoms with Gasteiger partial charge in [0, 0.05) is 6.54 Å². The molecule has 0 heterocycles. The summed E-state index contributed by atoms with van der Waals surface area (Å²) in [6.45, 7) is 6.24. The van der Waals surface area contributed by atoms with Crippen molar-refractivity contribution in [3.05, 3.63) is 34.9 Å². The molecule has 5 heteroatoms. The Kier molecular flexibility index (Phi) is 6.59. The van der Waals surface area contributed by atoms with Crippen molar-refractivity contribution in [2.75, 3.05) is 0 Å². The highest BCUT2D eigenvalue weighted by Gasteiger charge is 2.24. The molecule has 1 atom stereocenters. The van der Waals surface area contributed by atoms with E-state index >= 15 is 0 Å². The summed E-state index contributed by atoms with van der Waals surface area (Å²) in [5.41, 5.74) is 3.17. The van der Waals surface area contributed by atoms with Gasteiger partial charge in [0.1, 0.15) is 6.04 Å². The van der Waals surface area contributed by atoms with Gasteiger partial charge in [-0.15, -0.1) is 0 Å². The number of rotatable bonds is 8. The van der Waals surface area contributed by atoms with Crippen LogP contribution in [0, 0.1) is 13.8 Å². The monoisotopic (exact) mass is 290 g/mol. The van der Waals surface area contributed by atoms with Gasteiger partial charge in [0.05, 0.1) is 0 Å². The Labute approximate surface area is 125 Å². The number of aryl methyl sites for hydroxylation is 2. The Morgan fingerprint density at radius 3 is 2.62 bits per heavy atom. The molecule has 1 N–H and O–H groups in total. The highest BCUT2D eigenvalue weighted by molar-refractivity contribution is 5.91. The van der Waals surface area contributed by atoms with Crippen molar-refractivity contribution < 1.29 is 14.4 Å². The van der Waals surface area contributed by atoms with Gasteiger partial charge >= 0.3 is 0 Å². The number of nitrogens with zero attached hydrogens (tertiary/aromatic N) is 1. The van der Waals surface area contributed by atoms with E-state index in [9.17, 15) is 14.4 Å². The van der Waals surface area contributed by atoms with Crippen LogP contribution >= 0.6 is 0 Å². The maximum absolute atomic E-state index is 11.9. The first-order chi connectivity index (χ1) is 10.0. The van der Waals surface area contributed by atoms with Gasteiger partial charge in [0.2, 0.25) is 18.7 Å². The second kappa shape index (κ2) is 8.19. The smallest absolute Gasteiger partial charge is 0.249 e. The molecule has 0 saturated carbocycles. The number of hydrogen-bond acceptors (Lipinski definition) is 3. The predicted molar refractivity (Wildman–Crippen MR) is 80.4 cm³/mol. The summed E-state index contributed by atoms with van der Waals surface area (Å²) < 4.78 is 0. The van der Waals surface area contributed by atoms with Crippen molar-refractivity contribution in [2.45, 2.75) is 46.2 Å². The van der Waals surface area contributed by atoms with Crippen LogP contribution in [0.4, 0.5) is 0 Å². The lowest BCUT2D eigenvalue weighted by Gasteiger charge is -2.27. The third-order valence-electron chi connectivity index (χ3n) is 3.46. The van der Waals surface area contributed by atoms with E-state index in [1.807, 2.05) is 39.0 Å². The van der Waals surface area contributed by atoms with Crippen LogP contribution in [0.3, 0.4) is 0 Å². The minimum atomic E-state index is -0.627. The molecule has 1 aromatic rings. The Hall–Kier alpha value is -2.17. The standard InChI is InChI=1S/C16H22N2O3/c1-4-5-15(16(21)17-10-19)18(11-20)9-14-8-12(2)6-7-13(14)3/h6-8,10-11,15H,4-5,9H2,1-3H3,(H,17,19,21). The third-order valence-corrected chi connectivity index (χ3v) is 3.46. The maximum Gasteiger partial charge on any atom is 0.249 e. The van der Waals surface area contributed by atoms with Crippen LogP contribution in [-0.2, 0) is 20.9 Å². The molecule has 0 saturated heterocycles. The molecule has 0 aliphatic rings. The van der Waals surface area contributed by atoms with E-state index in [1.165, 1.54) is 4.90 Å². The second-order valence-electron chi connectivity index (χ2n) is 5.14. The van der Waals surface area contributed by atoms with Crippen molar-refractivity contribution in [1.29, 1.82) is 0 Å². The van der Waals surface area contributed by atoms with Gasteiger partial charge in [0.15, 0.2) is 0 Å². The SMILES string of the molecule is CCCC(C(=O)NC=O)N(C=O)Cc1cc(C)ccc1C. The first-order valence-electron chi connectivity index (χ1n) is 7.04. The zero-order valence-electron chi connectivity index (χ0n) is 12.8. The number of imide groups is 1. The zero-order valence-corrected chi connectivity index (χ0v) is 12.8. The molecule has 5 nitrogen and oxygen atoms in total. The van der Waals surface area contributed by atoms with Crippen molar-refractivity contribution in [1.82, 2.24) is 10.2 Å². The second-order valence-corrected chi connectivity index (χ2v) is 5.14. The van der Waals surface area contributed by atoms with Crippen molar-refractivity contribution >= 4 is 18.7 Å². The van der Waals surface area contributed by atoms with Gasteiger partial charge in [-0.2, -0.15) is 0 Å². The zero-order chi connectivity index (χ0) is 15.8. The quantitative estimate of drug-likeness (QED) is 0.741. The average molecular weight is 290 g/mol. The van der Waals surface area contributed by atoms with Crippen LogP contribution in [0.1, 0.15) is 36.5 Å². The van der Waals surface area contributed by atoms with Crippen LogP contribution in [0.2, 0.25) is 0 Å². The molecule has 0 bridgehead atoms. The number of carbonyl (C=O) groups is 3. The lowest BCUT2D eigenvalue weighted by atomic mass is 10.0. The molecular formula is C16H22N2O3. The summed E-state index contributed by atoms with van der Waals surface area (Å²) in [6, 6.07) is 5.38. The lowest BCUT2D eigenvalue weighted by Crippen LogP contribution is -2.45. The molecule has 1 aromatic carbocycles. The lowest BCUT2D eigenvalue weighted by molar-refractivity contribution is -0.135. The van der Waals surface area contributed by atoms with E-state index in [0.29, 0.717) is 25.8 Å². The van der Waals surface area contributed by atoms with Crippen LogP contribution in [0.5, 0.6) is 0 Å². The minimum Gasteiger partial charge on any atom is -0.329 e. The largest absolute Gasteiger partial charge is 0.329 e. The summed E-state index contributed by atoms with van der Waals surface area (Å²) >= 11 is 0. The molecule has 0 fully saturated rings. The van der Waals surface area contributed by atoms with Gasteiger partial charge in [-0.3, -0.25) is 19.7 Å². The molecule has 114 valence electrons. The van der Waals surface area contributed by atoms with Gasteiger partial charge in [0.25, 0.3) is 0 Å². The fourth-order valence-electron chi connectivity index (χ4n) is 2.26. The summed E-state index contributed by atoms with van der Waals surface area (Å²) in [5.74, 6) is -0.441. The molecule has 0 aliphatic heterocycles. The molecule has 0 radical (unpaired) electrons. The summed E-state index contributed by atoms with van der Waals surface area (Å²) in [4.78, 5) is 35.2. The number of amides is 3. The van der Waals surface area contributed by atoms with Crippen LogP contribution < -0.4 is 5.32 Å². The van der Waals surface area contributed by atoms with Gasteiger partial charge in [-0.1, -0.05) is 37.1 Å². The van der Waals surface area contributed by atoms with Crippen molar-refractivity contribution in [2.24, 2.45) is 0 Å². The summed E-state index contributed by atoms with van der Waals surface area (Å²) in [5, 5.41) is 2.14. The Morgan fingerprint density at radius 2 is 2.05 bits per heavy atom. The van der Waals surface area contributed by atoms with E-state index in [0.717, 1.165) is 23.1 Å². The summed E-state index contributed by atoms with van der Waals surface area (Å²) in [7, 11) is 0. The van der Waals surface area contributed by atoms with E-state index in [1.54, 1.807) is 0 Å². The molecule has 0 spiro atoms. The predicted octanol–water partition coefficient (Wildman–Crippen LogP) is 1.70. The van der Waals surface area contributed by atoms with E-state index < -0.39 is 11.9 Å². The highest BCUT2D eigenvalue weighted by Crippen LogP contribution is 2.16. The van der Waals surface area contributed by atoms with Crippen molar-refractivity contribution in [3.63, 3.8) is 0 Å². The van der Waals surface area contributed by atoms with E-state index in [-0.39, 0.29) is 0 Å². The minimum absolute atomic E-state index is 0.353. The topological polar surface area (TPSA) is 66.5 Å². The molecule has 1 rings (SSSR count). The van der Waals surface area contributed by atoms with Gasteiger partial charge in [-0.05, 0) is 31.4 Å². The number of carbonyl (C=O) groups excluding carboxylic acids is 3. The average Bonchev–Trinajstić information content (AvgIpc) is 2.46. The van der Waals surface area contributed by atoms with E-state index in [4.69, 9.17) is 0 Å². The van der Waals surface area contributed by atoms with E-state index in [2.05, 4.69) is 5.32 Å². The van der Waals surface area contributed by atoms with Crippen LogP contribution in [0.25, 0.3) is 0 Å². The fourth-order valence-corrected chi connectivity index (χ4v) is 2.26. The molecule has 0 aliphatic carbocycles. The number of benzene rings is 1. The highest BCUT2D eigenvalue weighted by atomic mass is 16.2. The van der Waals surface area contributed by atoms with Crippen molar-refractivity contribution in [3.8, 4) is 0 Å². The first-order valence-corrected chi connectivity index (χ1v) is 7.04. The fraction of sp³-hybridized carbons (Fsp3) is 0.438. The van der Waals surface area contributed by atoms with Gasteiger partial charge < -0.3 is 4.90 Å². The Balaban J connectivity index is 2.97.